The second kappa shape index (κ2) is 10.1. The van der Waals surface area contributed by atoms with Gasteiger partial charge in [-0.05, 0) is 45.0 Å². The quantitative estimate of drug-likeness (QED) is 0.526. The summed E-state index contributed by atoms with van der Waals surface area (Å²) in [5, 5.41) is 2.61. The summed E-state index contributed by atoms with van der Waals surface area (Å²) in [6, 6.07) is 13.5. The molecule has 0 fully saturated rings. The Morgan fingerprint density at radius 1 is 1.00 bits per heavy atom. The van der Waals surface area contributed by atoms with Crippen LogP contribution >= 0.6 is 0 Å². The molecule has 0 heterocycles. The summed E-state index contributed by atoms with van der Waals surface area (Å²) in [7, 11) is 0. The van der Waals surface area contributed by atoms with Gasteiger partial charge >= 0.3 is 5.97 Å². The van der Waals surface area contributed by atoms with Gasteiger partial charge in [0.15, 0.2) is 30.0 Å². The Morgan fingerprint density at radius 3 is 2.32 bits per heavy atom. The van der Waals surface area contributed by atoms with E-state index in [-0.39, 0.29) is 12.4 Å². The molecule has 0 saturated carbocycles. The number of amides is 1. The first-order valence-corrected chi connectivity index (χ1v) is 8.86. The molecular formula is C21H23NO6. The van der Waals surface area contributed by atoms with Crippen molar-refractivity contribution in [2.24, 2.45) is 0 Å². The van der Waals surface area contributed by atoms with Crippen molar-refractivity contribution in [2.45, 2.75) is 26.9 Å². The predicted molar refractivity (Wildman–Crippen MR) is 104 cm³/mol. The largest absolute Gasteiger partial charge is 0.490 e. The molecule has 0 aliphatic rings. The van der Waals surface area contributed by atoms with Crippen LogP contribution in [0.1, 0.15) is 31.1 Å². The normalized spacial score (nSPS) is 11.2. The number of para-hydroxylation sites is 2. The van der Waals surface area contributed by atoms with Crippen molar-refractivity contribution in [3.05, 3.63) is 54.1 Å². The minimum absolute atomic E-state index is 0.111. The fraction of sp³-hybridized carbons (Fsp3) is 0.286. The Hall–Kier alpha value is -3.35. The number of anilines is 1. The van der Waals surface area contributed by atoms with Crippen LogP contribution in [-0.2, 0) is 14.3 Å². The number of hydrogen-bond acceptors (Lipinski definition) is 6. The Bertz CT molecular complexity index is 848. The molecule has 0 radical (unpaired) electrons. The maximum Gasteiger partial charge on any atom is 0.344 e. The average molecular weight is 385 g/mol. The molecule has 0 saturated heterocycles. The van der Waals surface area contributed by atoms with Crippen LogP contribution in [0.5, 0.6) is 11.5 Å². The lowest BCUT2D eigenvalue weighted by molar-refractivity contribution is -0.155. The number of rotatable bonds is 9. The van der Waals surface area contributed by atoms with E-state index >= 15 is 0 Å². The van der Waals surface area contributed by atoms with E-state index in [0.29, 0.717) is 29.4 Å². The van der Waals surface area contributed by atoms with Gasteiger partial charge in [-0.25, -0.2) is 4.79 Å². The number of carbonyl (C=O) groups is 3. The number of ketones is 1. The van der Waals surface area contributed by atoms with Crippen LogP contribution in [0.15, 0.2) is 48.5 Å². The second-order valence-electron chi connectivity index (χ2n) is 5.93. The Morgan fingerprint density at radius 2 is 1.68 bits per heavy atom. The number of ether oxygens (including phenoxy) is 3. The van der Waals surface area contributed by atoms with Gasteiger partial charge in [-0.3, -0.25) is 9.59 Å². The first kappa shape index (κ1) is 21.0. The van der Waals surface area contributed by atoms with Crippen molar-refractivity contribution in [2.75, 3.05) is 18.5 Å². The Balaban J connectivity index is 1.87. The summed E-state index contributed by atoms with van der Waals surface area (Å²) in [6.45, 7) is 4.84. The van der Waals surface area contributed by atoms with Crippen LogP contribution in [0, 0.1) is 0 Å². The third-order valence-electron chi connectivity index (χ3n) is 3.71. The zero-order valence-corrected chi connectivity index (χ0v) is 16.1. The van der Waals surface area contributed by atoms with Crippen LogP contribution in [0.2, 0.25) is 0 Å². The van der Waals surface area contributed by atoms with E-state index in [4.69, 9.17) is 14.2 Å². The van der Waals surface area contributed by atoms with Crippen molar-refractivity contribution >= 4 is 23.3 Å². The van der Waals surface area contributed by atoms with Gasteiger partial charge in [0.1, 0.15) is 0 Å². The lowest BCUT2D eigenvalue weighted by Gasteiger charge is -2.15. The van der Waals surface area contributed by atoms with Gasteiger partial charge in [0, 0.05) is 11.3 Å². The monoisotopic (exact) mass is 385 g/mol. The molecule has 1 N–H and O–H groups in total. The summed E-state index contributed by atoms with van der Waals surface area (Å²) in [4.78, 5) is 35.6. The molecule has 0 aliphatic heterocycles. The summed E-state index contributed by atoms with van der Waals surface area (Å²) >= 11 is 0. The standard InChI is InChI=1S/C21H23NO6/c1-4-26-18-10-5-6-11-19(18)27-13-20(24)28-15(3)21(25)22-17-9-7-8-16(12-17)14(2)23/h5-12,15H,4,13H2,1-3H3,(H,22,25)/t15-/m1/s1. The van der Waals surface area contributed by atoms with Gasteiger partial charge in [0.25, 0.3) is 5.91 Å². The molecule has 7 heteroatoms. The molecule has 2 aromatic carbocycles. The third kappa shape index (κ3) is 6.12. The van der Waals surface area contributed by atoms with E-state index in [9.17, 15) is 14.4 Å². The maximum absolute atomic E-state index is 12.2. The van der Waals surface area contributed by atoms with E-state index < -0.39 is 18.0 Å². The van der Waals surface area contributed by atoms with Crippen molar-refractivity contribution < 1.29 is 28.6 Å². The molecule has 0 bridgehead atoms. The lowest BCUT2D eigenvalue weighted by Crippen LogP contribution is -2.31. The van der Waals surface area contributed by atoms with Gasteiger partial charge in [-0.1, -0.05) is 24.3 Å². The number of benzene rings is 2. The van der Waals surface area contributed by atoms with Crippen LogP contribution in [0.4, 0.5) is 5.69 Å². The smallest absolute Gasteiger partial charge is 0.344 e. The number of Topliss-reactive ketones (excluding diaryl/α,β-unsaturated/α-hetero) is 1. The van der Waals surface area contributed by atoms with Crippen LogP contribution in [0.25, 0.3) is 0 Å². The summed E-state index contributed by atoms with van der Waals surface area (Å²) < 4.78 is 15.9. The van der Waals surface area contributed by atoms with Gasteiger partial charge in [-0.15, -0.1) is 0 Å². The Kier molecular flexibility index (Phi) is 7.56. The number of hydrogen-bond donors (Lipinski definition) is 1. The minimum Gasteiger partial charge on any atom is -0.490 e. The molecule has 148 valence electrons. The number of esters is 1. The Labute approximate surface area is 163 Å². The zero-order chi connectivity index (χ0) is 20.5. The summed E-state index contributed by atoms with van der Waals surface area (Å²) in [6.07, 6.45) is -1.03. The summed E-state index contributed by atoms with van der Waals surface area (Å²) in [5.41, 5.74) is 0.923. The highest BCUT2D eigenvalue weighted by Crippen LogP contribution is 2.26. The predicted octanol–water partition coefficient (Wildman–Crippen LogP) is 3.24. The van der Waals surface area contributed by atoms with Crippen LogP contribution in [-0.4, -0.2) is 37.0 Å². The van der Waals surface area contributed by atoms with Gasteiger partial charge in [0.2, 0.25) is 0 Å². The SMILES string of the molecule is CCOc1ccccc1OCC(=O)O[C@H](C)C(=O)Nc1cccc(C(C)=O)c1. The molecule has 2 rings (SSSR count). The molecule has 2 aromatic rings. The molecule has 1 atom stereocenters. The molecular weight excluding hydrogens is 362 g/mol. The highest BCUT2D eigenvalue weighted by molar-refractivity contribution is 5.98. The first-order valence-electron chi connectivity index (χ1n) is 8.86. The van der Waals surface area contributed by atoms with Crippen molar-refractivity contribution in [3.8, 4) is 11.5 Å². The molecule has 0 aromatic heterocycles. The van der Waals surface area contributed by atoms with Gasteiger partial charge in [-0.2, -0.15) is 0 Å². The van der Waals surface area contributed by atoms with Crippen molar-refractivity contribution in [1.82, 2.24) is 0 Å². The van der Waals surface area contributed by atoms with E-state index in [0.717, 1.165) is 0 Å². The summed E-state index contributed by atoms with van der Waals surface area (Å²) in [5.74, 6) is -0.372. The fourth-order valence-electron chi connectivity index (χ4n) is 2.33. The third-order valence-corrected chi connectivity index (χ3v) is 3.71. The highest BCUT2D eigenvalue weighted by atomic mass is 16.6. The molecule has 0 aliphatic carbocycles. The number of nitrogens with one attached hydrogen (secondary N) is 1. The second-order valence-corrected chi connectivity index (χ2v) is 5.93. The van der Waals surface area contributed by atoms with E-state index in [2.05, 4.69) is 5.32 Å². The topological polar surface area (TPSA) is 90.9 Å². The maximum atomic E-state index is 12.2. The molecule has 28 heavy (non-hydrogen) atoms. The molecule has 0 unspecified atom stereocenters. The van der Waals surface area contributed by atoms with Crippen LogP contribution in [0.3, 0.4) is 0 Å². The average Bonchev–Trinajstić information content (AvgIpc) is 2.67. The highest BCUT2D eigenvalue weighted by Gasteiger charge is 2.19. The van der Waals surface area contributed by atoms with E-state index in [1.54, 1.807) is 48.5 Å². The lowest BCUT2D eigenvalue weighted by atomic mass is 10.1. The van der Waals surface area contributed by atoms with E-state index in [1.807, 2.05) is 6.92 Å². The molecule has 0 spiro atoms. The van der Waals surface area contributed by atoms with E-state index in [1.165, 1.54) is 13.8 Å². The zero-order valence-electron chi connectivity index (χ0n) is 16.1. The minimum atomic E-state index is -1.03. The van der Waals surface area contributed by atoms with Crippen molar-refractivity contribution in [1.29, 1.82) is 0 Å². The fourth-order valence-corrected chi connectivity index (χ4v) is 2.33. The van der Waals surface area contributed by atoms with Gasteiger partial charge < -0.3 is 19.5 Å². The molecule has 1 amide bonds. The van der Waals surface area contributed by atoms with Crippen molar-refractivity contribution in [3.63, 3.8) is 0 Å². The first-order chi connectivity index (χ1) is 13.4. The number of carbonyl (C=O) groups excluding carboxylic acids is 3. The van der Waals surface area contributed by atoms with Gasteiger partial charge in [0.05, 0.1) is 6.61 Å². The van der Waals surface area contributed by atoms with Crippen LogP contribution < -0.4 is 14.8 Å². The molecule has 7 nitrogen and oxygen atoms in total.